The number of hydrogen-bond donors (Lipinski definition) is 1. The summed E-state index contributed by atoms with van der Waals surface area (Å²) in [4.78, 5) is 15.3. The van der Waals surface area contributed by atoms with Crippen molar-refractivity contribution >= 4 is 35.2 Å². The van der Waals surface area contributed by atoms with Gasteiger partial charge in [0.05, 0.1) is 23.7 Å². The first-order valence-electron chi connectivity index (χ1n) is 11.3. The number of methoxy groups -OCH3 is 1. The molecule has 2 heterocycles. The van der Waals surface area contributed by atoms with Crippen LogP contribution in [0.4, 0.5) is 0 Å². The SMILES string of the molecule is C=C(NCC=O)c1ccc(Cl)c(Cl)c1.COc1ccc(C2CCN(C3CCN(C)C3)C2)cc1. The summed E-state index contributed by atoms with van der Waals surface area (Å²) in [6.07, 6.45) is 3.40. The van der Waals surface area contributed by atoms with Crippen molar-refractivity contribution < 1.29 is 9.53 Å². The molecule has 33 heavy (non-hydrogen) atoms. The summed E-state index contributed by atoms with van der Waals surface area (Å²) in [5.41, 5.74) is 2.94. The molecule has 2 aliphatic heterocycles. The summed E-state index contributed by atoms with van der Waals surface area (Å²) in [5, 5.41) is 3.80. The Balaban J connectivity index is 0.000000196. The number of rotatable bonds is 7. The standard InChI is InChI=1S/C16H24N2O.C10H9Cl2NO/c1-17-9-8-15(12-17)18-10-7-14(11-18)13-3-5-16(19-2)6-4-13;1-7(13-4-5-14)8-2-3-9(11)10(12)6-8/h3-6,14-15H,7-12H2,1-2H3;2-3,5-6,13H,1,4H2. The molecule has 5 nitrogen and oxygen atoms in total. The third-order valence-corrected chi connectivity index (χ3v) is 7.10. The zero-order chi connectivity index (χ0) is 23.8. The van der Waals surface area contributed by atoms with E-state index in [2.05, 4.69) is 53.0 Å². The second kappa shape index (κ2) is 12.4. The van der Waals surface area contributed by atoms with Crippen molar-refractivity contribution in [3.05, 3.63) is 70.2 Å². The van der Waals surface area contributed by atoms with Crippen LogP contribution in [0.25, 0.3) is 5.70 Å². The van der Waals surface area contributed by atoms with Crippen LogP contribution in [0.2, 0.25) is 10.0 Å². The van der Waals surface area contributed by atoms with Crippen LogP contribution in [-0.4, -0.2) is 69.0 Å². The largest absolute Gasteiger partial charge is 0.497 e. The Kier molecular flexibility index (Phi) is 9.63. The van der Waals surface area contributed by atoms with Crippen molar-refractivity contribution in [1.29, 1.82) is 0 Å². The molecule has 4 rings (SSSR count). The number of halogens is 2. The molecular weight excluding hydrogens is 457 g/mol. The molecule has 0 aliphatic carbocycles. The van der Waals surface area contributed by atoms with E-state index in [1.54, 1.807) is 25.3 Å². The number of carbonyl (C=O) groups is 1. The lowest BCUT2D eigenvalue weighted by molar-refractivity contribution is -0.107. The molecule has 0 aromatic heterocycles. The van der Waals surface area contributed by atoms with Gasteiger partial charge in [-0.2, -0.15) is 0 Å². The number of likely N-dealkylation sites (tertiary alicyclic amines) is 2. The minimum Gasteiger partial charge on any atom is -0.497 e. The van der Waals surface area contributed by atoms with E-state index in [9.17, 15) is 4.79 Å². The highest BCUT2D eigenvalue weighted by Gasteiger charge is 2.32. The zero-order valence-corrected chi connectivity index (χ0v) is 20.9. The smallest absolute Gasteiger partial charge is 0.139 e. The van der Waals surface area contributed by atoms with Crippen molar-refractivity contribution in [2.45, 2.75) is 24.8 Å². The molecular formula is C26H33Cl2N3O2. The molecule has 0 radical (unpaired) electrons. The van der Waals surface area contributed by atoms with Gasteiger partial charge in [-0.15, -0.1) is 0 Å². The number of hydrogen-bond acceptors (Lipinski definition) is 5. The van der Waals surface area contributed by atoms with E-state index >= 15 is 0 Å². The second-order valence-electron chi connectivity index (χ2n) is 8.61. The van der Waals surface area contributed by atoms with Crippen LogP contribution in [0, 0.1) is 0 Å². The fourth-order valence-electron chi connectivity index (χ4n) is 4.43. The predicted molar refractivity (Wildman–Crippen MR) is 137 cm³/mol. The summed E-state index contributed by atoms with van der Waals surface area (Å²) < 4.78 is 5.23. The maximum Gasteiger partial charge on any atom is 0.139 e. The Morgan fingerprint density at radius 1 is 1.12 bits per heavy atom. The number of nitrogens with zero attached hydrogens (tertiary/aromatic N) is 2. The van der Waals surface area contributed by atoms with Crippen LogP contribution in [-0.2, 0) is 4.79 Å². The molecule has 2 saturated heterocycles. The maximum absolute atomic E-state index is 10.1. The van der Waals surface area contributed by atoms with Crippen molar-refractivity contribution in [2.24, 2.45) is 0 Å². The average Bonchev–Trinajstić information content (AvgIpc) is 3.49. The molecule has 0 bridgehead atoms. The lowest BCUT2D eigenvalue weighted by atomic mass is 9.98. The fourth-order valence-corrected chi connectivity index (χ4v) is 4.73. The van der Waals surface area contributed by atoms with E-state index < -0.39 is 0 Å². The van der Waals surface area contributed by atoms with Crippen LogP contribution < -0.4 is 10.1 Å². The quantitative estimate of drug-likeness (QED) is 0.557. The summed E-state index contributed by atoms with van der Waals surface area (Å²) in [6, 6.07) is 14.6. The van der Waals surface area contributed by atoms with Gasteiger partial charge >= 0.3 is 0 Å². The monoisotopic (exact) mass is 489 g/mol. The van der Waals surface area contributed by atoms with Crippen LogP contribution >= 0.6 is 23.2 Å². The first-order valence-corrected chi connectivity index (χ1v) is 12.0. The van der Waals surface area contributed by atoms with Crippen molar-refractivity contribution in [2.75, 3.05) is 46.9 Å². The van der Waals surface area contributed by atoms with Crippen LogP contribution in [0.5, 0.6) is 5.75 Å². The van der Waals surface area contributed by atoms with E-state index in [4.69, 9.17) is 27.9 Å². The van der Waals surface area contributed by atoms with Crippen molar-refractivity contribution in [3.8, 4) is 5.75 Å². The normalized spacial score (nSPS) is 20.7. The minimum absolute atomic E-state index is 0.235. The highest BCUT2D eigenvalue weighted by molar-refractivity contribution is 6.42. The molecule has 0 saturated carbocycles. The number of likely N-dealkylation sites (N-methyl/N-ethyl adjacent to an activating group) is 1. The van der Waals surface area contributed by atoms with E-state index in [-0.39, 0.29) is 6.54 Å². The van der Waals surface area contributed by atoms with Gasteiger partial charge in [-0.3, -0.25) is 4.90 Å². The van der Waals surface area contributed by atoms with Crippen molar-refractivity contribution in [1.82, 2.24) is 15.1 Å². The molecule has 2 aliphatic rings. The Hall–Kier alpha value is -2.05. The molecule has 2 aromatic carbocycles. The summed E-state index contributed by atoms with van der Waals surface area (Å²) in [5.74, 6) is 1.66. The summed E-state index contributed by atoms with van der Waals surface area (Å²) >= 11 is 11.6. The number of aldehydes is 1. The highest BCUT2D eigenvalue weighted by atomic mass is 35.5. The molecule has 0 spiro atoms. The molecule has 0 amide bonds. The first-order chi connectivity index (χ1) is 15.9. The van der Waals surface area contributed by atoms with Gasteiger partial charge in [-0.1, -0.05) is 48.0 Å². The van der Waals surface area contributed by atoms with Gasteiger partial charge in [0, 0.05) is 24.8 Å². The molecule has 2 fully saturated rings. The van der Waals surface area contributed by atoms with Gasteiger partial charge in [-0.25, -0.2) is 0 Å². The van der Waals surface area contributed by atoms with Gasteiger partial charge in [0.25, 0.3) is 0 Å². The lowest BCUT2D eigenvalue weighted by Crippen LogP contribution is -2.35. The van der Waals surface area contributed by atoms with Crippen molar-refractivity contribution in [3.63, 3.8) is 0 Å². The molecule has 7 heteroatoms. The van der Waals surface area contributed by atoms with Gasteiger partial charge < -0.3 is 19.7 Å². The van der Waals surface area contributed by atoms with Crippen LogP contribution in [0.1, 0.15) is 29.9 Å². The van der Waals surface area contributed by atoms with Gasteiger partial charge in [0.2, 0.25) is 0 Å². The molecule has 2 aromatic rings. The molecule has 178 valence electrons. The van der Waals surface area contributed by atoms with E-state index in [0.29, 0.717) is 21.7 Å². The number of ether oxygens (including phenoxy) is 1. The van der Waals surface area contributed by atoms with Crippen LogP contribution in [0.3, 0.4) is 0 Å². The van der Waals surface area contributed by atoms with E-state index in [1.807, 2.05) is 0 Å². The van der Waals surface area contributed by atoms with Gasteiger partial charge in [0.1, 0.15) is 12.0 Å². The van der Waals surface area contributed by atoms with Gasteiger partial charge in [0.15, 0.2) is 0 Å². The number of nitrogens with one attached hydrogen (secondary N) is 1. The van der Waals surface area contributed by atoms with Gasteiger partial charge in [-0.05, 0) is 74.3 Å². The summed E-state index contributed by atoms with van der Waals surface area (Å²) in [6.45, 7) is 8.99. The Morgan fingerprint density at radius 2 is 1.88 bits per heavy atom. The minimum atomic E-state index is 0.235. The van der Waals surface area contributed by atoms with E-state index in [0.717, 1.165) is 23.6 Å². The Labute approximate surface area is 207 Å². The second-order valence-corrected chi connectivity index (χ2v) is 9.43. The zero-order valence-electron chi connectivity index (χ0n) is 19.4. The molecule has 1 N–H and O–H groups in total. The Bertz CT molecular complexity index is 936. The third kappa shape index (κ3) is 7.21. The fraction of sp³-hybridized carbons (Fsp3) is 0.423. The third-order valence-electron chi connectivity index (χ3n) is 6.36. The lowest BCUT2D eigenvalue weighted by Gasteiger charge is -2.23. The topological polar surface area (TPSA) is 44.8 Å². The first kappa shape index (κ1) is 25.6. The predicted octanol–water partition coefficient (Wildman–Crippen LogP) is 4.94. The molecule has 2 atom stereocenters. The molecule has 2 unspecified atom stereocenters. The van der Waals surface area contributed by atoms with Crippen LogP contribution in [0.15, 0.2) is 49.0 Å². The van der Waals surface area contributed by atoms with E-state index in [1.165, 1.54) is 44.6 Å². The maximum atomic E-state index is 10.1. The number of carbonyl (C=O) groups excluding carboxylic acids is 1. The summed E-state index contributed by atoms with van der Waals surface area (Å²) in [7, 11) is 3.96. The number of benzene rings is 2. The average molecular weight is 490 g/mol. The Morgan fingerprint density at radius 3 is 2.48 bits per heavy atom. The highest BCUT2D eigenvalue weighted by Crippen LogP contribution is 2.31.